The molecule has 2 N–H and O–H groups in total. The fourth-order valence-electron chi connectivity index (χ4n) is 1.68. The summed E-state index contributed by atoms with van der Waals surface area (Å²) in [5, 5.41) is 7.13. The van der Waals surface area contributed by atoms with Crippen molar-refractivity contribution in [2.75, 3.05) is 7.05 Å². The van der Waals surface area contributed by atoms with Crippen LogP contribution in [0.4, 0.5) is 0 Å². The smallest absolute Gasteiger partial charge is 0.166 e. The van der Waals surface area contributed by atoms with E-state index in [9.17, 15) is 0 Å². The molecule has 1 aliphatic carbocycles. The molecule has 3 heteroatoms. The molecule has 1 rings (SSSR count). The van der Waals surface area contributed by atoms with Crippen LogP contribution in [0.3, 0.4) is 0 Å². The van der Waals surface area contributed by atoms with E-state index in [1.165, 1.54) is 12.8 Å². The van der Waals surface area contributed by atoms with Gasteiger partial charge in [-0.25, -0.2) is 0 Å². The van der Waals surface area contributed by atoms with Gasteiger partial charge in [-0.3, -0.25) is 0 Å². The third-order valence-corrected chi connectivity index (χ3v) is 2.86. The van der Waals surface area contributed by atoms with Crippen LogP contribution in [0.5, 0.6) is 0 Å². The first-order valence-electron chi connectivity index (χ1n) is 4.93. The molecule has 1 saturated carbocycles. The largest absolute Gasteiger partial charge is 0.366 e. The second-order valence-electron chi connectivity index (χ2n) is 4.90. The molecule has 1 unspecified atom stereocenters. The quantitative estimate of drug-likeness (QED) is 0.666. The topological polar surface area (TPSA) is 24.1 Å². The third kappa shape index (κ3) is 3.14. The maximum absolute atomic E-state index is 5.13. The number of nitrogens with one attached hydrogen (secondary N) is 2. The second kappa shape index (κ2) is 3.82. The first-order valence-corrected chi connectivity index (χ1v) is 5.34. The van der Waals surface area contributed by atoms with E-state index < -0.39 is 0 Å². The third-order valence-electron chi connectivity index (χ3n) is 2.54. The summed E-state index contributed by atoms with van der Waals surface area (Å²) < 4.78 is 0. The van der Waals surface area contributed by atoms with Gasteiger partial charge in [0, 0.05) is 13.1 Å². The highest BCUT2D eigenvalue weighted by Crippen LogP contribution is 2.40. The minimum atomic E-state index is 0.294. The van der Waals surface area contributed by atoms with Crippen molar-refractivity contribution in [3.05, 3.63) is 0 Å². The van der Waals surface area contributed by atoms with E-state index in [1.54, 1.807) is 0 Å². The molecule has 2 nitrogen and oxygen atoms in total. The summed E-state index contributed by atoms with van der Waals surface area (Å²) in [6, 6.07) is 0.521. The molecular formula is C10H20N2S. The van der Waals surface area contributed by atoms with E-state index in [4.69, 9.17) is 12.2 Å². The highest BCUT2D eigenvalue weighted by molar-refractivity contribution is 7.80. The Morgan fingerprint density at radius 3 is 2.23 bits per heavy atom. The Kier molecular flexibility index (Phi) is 3.17. The molecule has 1 aliphatic rings. The van der Waals surface area contributed by atoms with Crippen molar-refractivity contribution in [2.45, 2.75) is 39.7 Å². The van der Waals surface area contributed by atoms with Gasteiger partial charge >= 0.3 is 0 Å². The van der Waals surface area contributed by atoms with E-state index in [-0.39, 0.29) is 0 Å². The summed E-state index contributed by atoms with van der Waals surface area (Å²) in [5.74, 6) is 0.825. The molecule has 0 saturated heterocycles. The van der Waals surface area contributed by atoms with Crippen molar-refractivity contribution >= 4 is 17.3 Å². The van der Waals surface area contributed by atoms with Gasteiger partial charge in [0.15, 0.2) is 5.11 Å². The lowest BCUT2D eigenvalue weighted by molar-refractivity contribution is 0.269. The van der Waals surface area contributed by atoms with Crippen LogP contribution < -0.4 is 10.6 Å². The predicted octanol–water partition coefficient (Wildman–Crippen LogP) is 1.90. The van der Waals surface area contributed by atoms with Crippen LogP contribution >= 0.6 is 12.2 Å². The summed E-state index contributed by atoms with van der Waals surface area (Å²) in [4.78, 5) is 0. The fraction of sp³-hybridized carbons (Fsp3) is 0.900. The Labute approximate surface area is 86.5 Å². The summed E-state index contributed by atoms with van der Waals surface area (Å²) >= 11 is 5.13. The van der Waals surface area contributed by atoms with E-state index in [2.05, 4.69) is 31.4 Å². The first-order chi connectivity index (χ1) is 5.95. The maximum Gasteiger partial charge on any atom is 0.166 e. The van der Waals surface area contributed by atoms with Crippen molar-refractivity contribution in [1.29, 1.82) is 0 Å². The lowest BCUT2D eigenvalue weighted by Gasteiger charge is -2.32. The molecule has 1 atom stereocenters. The van der Waals surface area contributed by atoms with Crippen LogP contribution in [-0.4, -0.2) is 18.2 Å². The normalized spacial score (nSPS) is 19.4. The van der Waals surface area contributed by atoms with Crippen LogP contribution in [0.25, 0.3) is 0 Å². The number of hydrogen-bond acceptors (Lipinski definition) is 1. The summed E-state index contributed by atoms with van der Waals surface area (Å²) in [6.45, 7) is 6.80. The predicted molar refractivity (Wildman–Crippen MR) is 60.8 cm³/mol. The van der Waals surface area contributed by atoms with Gasteiger partial charge in [-0.15, -0.1) is 0 Å². The standard InChI is InChI=1S/C10H20N2S/c1-10(2,3)8(7-5-6-7)12-9(13)11-4/h7-8H,5-6H2,1-4H3,(H2,11,12,13). The summed E-state index contributed by atoms with van der Waals surface area (Å²) in [5.41, 5.74) is 0.294. The molecule has 0 amide bonds. The molecule has 76 valence electrons. The van der Waals surface area contributed by atoms with Crippen molar-refractivity contribution in [1.82, 2.24) is 10.6 Å². The molecule has 0 aromatic rings. The van der Waals surface area contributed by atoms with Crippen molar-refractivity contribution in [3.8, 4) is 0 Å². The van der Waals surface area contributed by atoms with Crippen LogP contribution in [0.1, 0.15) is 33.6 Å². The minimum Gasteiger partial charge on any atom is -0.366 e. The lowest BCUT2D eigenvalue weighted by atomic mass is 9.84. The molecule has 0 radical (unpaired) electrons. The van der Waals surface area contributed by atoms with Gasteiger partial charge in [-0.2, -0.15) is 0 Å². The van der Waals surface area contributed by atoms with Crippen molar-refractivity contribution in [2.24, 2.45) is 11.3 Å². The molecule has 0 aromatic carbocycles. The molecule has 0 spiro atoms. The molecule has 0 bridgehead atoms. The van der Waals surface area contributed by atoms with Crippen LogP contribution in [0.15, 0.2) is 0 Å². The van der Waals surface area contributed by atoms with E-state index in [0.29, 0.717) is 11.5 Å². The molecule has 13 heavy (non-hydrogen) atoms. The van der Waals surface area contributed by atoms with E-state index in [1.807, 2.05) is 7.05 Å². The Morgan fingerprint density at radius 1 is 1.38 bits per heavy atom. The zero-order valence-corrected chi connectivity index (χ0v) is 9.79. The van der Waals surface area contributed by atoms with Crippen LogP contribution in [-0.2, 0) is 0 Å². The molecule has 0 aromatic heterocycles. The zero-order chi connectivity index (χ0) is 10.1. The van der Waals surface area contributed by atoms with Crippen LogP contribution in [0, 0.1) is 11.3 Å². The van der Waals surface area contributed by atoms with Gasteiger partial charge in [0.05, 0.1) is 0 Å². The molecule has 1 fully saturated rings. The Morgan fingerprint density at radius 2 is 1.92 bits per heavy atom. The summed E-state index contributed by atoms with van der Waals surface area (Å²) in [7, 11) is 1.86. The fourth-order valence-corrected chi connectivity index (χ4v) is 1.81. The minimum absolute atomic E-state index is 0.294. The number of hydrogen-bond donors (Lipinski definition) is 2. The maximum atomic E-state index is 5.13. The van der Waals surface area contributed by atoms with Crippen LogP contribution in [0.2, 0.25) is 0 Å². The average Bonchev–Trinajstić information content (AvgIpc) is 2.80. The zero-order valence-electron chi connectivity index (χ0n) is 8.98. The SMILES string of the molecule is CNC(=S)NC(C1CC1)C(C)(C)C. The van der Waals surface area contributed by atoms with Gasteiger partial charge < -0.3 is 10.6 Å². The van der Waals surface area contributed by atoms with Gasteiger partial charge in [-0.05, 0) is 36.4 Å². The van der Waals surface area contributed by atoms with Gasteiger partial charge in [0.1, 0.15) is 0 Å². The monoisotopic (exact) mass is 200 g/mol. The lowest BCUT2D eigenvalue weighted by Crippen LogP contribution is -2.48. The number of rotatable bonds is 2. The van der Waals surface area contributed by atoms with Gasteiger partial charge in [-0.1, -0.05) is 20.8 Å². The molecule has 0 heterocycles. The summed E-state index contributed by atoms with van der Waals surface area (Å²) in [6.07, 6.45) is 2.70. The van der Waals surface area contributed by atoms with Crippen molar-refractivity contribution in [3.63, 3.8) is 0 Å². The highest BCUT2D eigenvalue weighted by Gasteiger charge is 2.38. The van der Waals surface area contributed by atoms with E-state index in [0.717, 1.165) is 11.0 Å². The Bertz CT molecular complexity index is 192. The highest BCUT2D eigenvalue weighted by atomic mass is 32.1. The average molecular weight is 200 g/mol. The van der Waals surface area contributed by atoms with Crippen molar-refractivity contribution < 1.29 is 0 Å². The van der Waals surface area contributed by atoms with E-state index >= 15 is 0 Å². The van der Waals surface area contributed by atoms with Gasteiger partial charge in [0.2, 0.25) is 0 Å². The van der Waals surface area contributed by atoms with Gasteiger partial charge in [0.25, 0.3) is 0 Å². The second-order valence-corrected chi connectivity index (χ2v) is 5.31. The Hall–Kier alpha value is -0.310. The first kappa shape index (κ1) is 10.8. The Balaban J connectivity index is 2.53. The molecular weight excluding hydrogens is 180 g/mol. The number of thiocarbonyl (C=S) groups is 1. The molecule has 0 aliphatic heterocycles.